The van der Waals surface area contributed by atoms with E-state index in [9.17, 15) is 19.2 Å². The number of thioether (sulfide) groups is 1. The van der Waals surface area contributed by atoms with Gasteiger partial charge in [-0.2, -0.15) is 0 Å². The van der Waals surface area contributed by atoms with E-state index >= 15 is 0 Å². The van der Waals surface area contributed by atoms with Crippen molar-refractivity contribution in [2.75, 3.05) is 0 Å². The van der Waals surface area contributed by atoms with E-state index in [2.05, 4.69) is 10.4 Å². The molecule has 0 saturated heterocycles. The zero-order valence-electron chi connectivity index (χ0n) is 13.4. The molecule has 1 N–H and O–H groups in total. The van der Waals surface area contributed by atoms with Crippen LogP contribution in [0.4, 0.5) is 0 Å². The summed E-state index contributed by atoms with van der Waals surface area (Å²) in [4.78, 5) is 47.5. The van der Waals surface area contributed by atoms with Crippen molar-refractivity contribution in [3.8, 4) is 0 Å². The number of carbonyl (C=O) groups excluding carboxylic acids is 2. The predicted molar refractivity (Wildman–Crippen MR) is 85.8 cm³/mol. The van der Waals surface area contributed by atoms with E-state index < -0.39 is 16.6 Å². The molecule has 1 aromatic heterocycles. The molecule has 0 saturated carbocycles. The molecule has 0 bridgehead atoms. The SMILES string of the molecule is CC(=O)NC1=NN(C(C)=O)[C@H](c2c(C)n(C)c(=O)n(C)c2=O)S1. The first-order valence-electron chi connectivity index (χ1n) is 6.74. The first-order chi connectivity index (χ1) is 10.6. The summed E-state index contributed by atoms with van der Waals surface area (Å²) in [6.45, 7) is 4.27. The first kappa shape index (κ1) is 17.0. The largest absolute Gasteiger partial charge is 0.330 e. The smallest absolute Gasteiger partial charge is 0.304 e. The highest BCUT2D eigenvalue weighted by atomic mass is 32.2. The molecule has 2 amide bonds. The van der Waals surface area contributed by atoms with Gasteiger partial charge in [0.05, 0.1) is 5.56 Å². The summed E-state index contributed by atoms with van der Waals surface area (Å²) in [7, 11) is 2.93. The van der Waals surface area contributed by atoms with Crippen molar-refractivity contribution in [1.29, 1.82) is 0 Å². The Hall–Kier alpha value is -2.36. The van der Waals surface area contributed by atoms with Crippen LogP contribution < -0.4 is 16.6 Å². The molecule has 2 rings (SSSR count). The molecule has 1 aliphatic rings. The summed E-state index contributed by atoms with van der Waals surface area (Å²) in [6.07, 6.45) is 0. The van der Waals surface area contributed by atoms with Crippen molar-refractivity contribution < 1.29 is 9.59 Å². The van der Waals surface area contributed by atoms with Crippen molar-refractivity contribution >= 4 is 28.7 Å². The lowest BCUT2D eigenvalue weighted by Crippen LogP contribution is -2.42. The van der Waals surface area contributed by atoms with Crippen molar-refractivity contribution in [3.05, 3.63) is 32.1 Å². The van der Waals surface area contributed by atoms with Crippen LogP contribution in [0.3, 0.4) is 0 Å². The normalized spacial score (nSPS) is 17.2. The Morgan fingerprint density at radius 3 is 2.30 bits per heavy atom. The third-order valence-electron chi connectivity index (χ3n) is 3.50. The van der Waals surface area contributed by atoms with Gasteiger partial charge in [0.2, 0.25) is 11.8 Å². The summed E-state index contributed by atoms with van der Waals surface area (Å²) in [5, 5.41) is 7.18. The lowest BCUT2D eigenvalue weighted by Gasteiger charge is -2.21. The number of nitrogens with zero attached hydrogens (tertiary/aromatic N) is 4. The molecule has 1 atom stereocenters. The highest BCUT2D eigenvalue weighted by Gasteiger charge is 2.36. The molecule has 10 heteroatoms. The number of carbonyl (C=O) groups is 2. The Kier molecular flexibility index (Phi) is 4.46. The maximum Gasteiger partial charge on any atom is 0.330 e. The van der Waals surface area contributed by atoms with Gasteiger partial charge in [-0.1, -0.05) is 11.8 Å². The maximum atomic E-state index is 12.5. The number of aromatic nitrogens is 2. The fourth-order valence-corrected chi connectivity index (χ4v) is 3.44. The molecule has 2 heterocycles. The zero-order valence-corrected chi connectivity index (χ0v) is 14.2. The standard InChI is InChI=1S/C13H17N5O4S/c1-6-9(10(21)17(5)13(22)16(6)4)11-18(8(3)20)15-12(23-11)14-7(2)19/h11H,1-5H3,(H,14,15,19)/t11-/m0/s1. The Morgan fingerprint density at radius 1 is 1.17 bits per heavy atom. The van der Waals surface area contributed by atoms with E-state index in [-0.39, 0.29) is 22.5 Å². The van der Waals surface area contributed by atoms with Crippen LogP contribution in [-0.2, 0) is 23.7 Å². The molecule has 0 spiro atoms. The number of nitrogens with one attached hydrogen (secondary N) is 1. The first-order valence-corrected chi connectivity index (χ1v) is 7.62. The molecule has 1 aromatic rings. The van der Waals surface area contributed by atoms with Gasteiger partial charge in [0.15, 0.2) is 5.17 Å². The summed E-state index contributed by atoms with van der Waals surface area (Å²) >= 11 is 1.07. The van der Waals surface area contributed by atoms with Gasteiger partial charge in [-0.05, 0) is 6.92 Å². The number of amidine groups is 1. The second-order valence-electron chi connectivity index (χ2n) is 5.12. The second kappa shape index (κ2) is 6.03. The summed E-state index contributed by atoms with van der Waals surface area (Å²) in [6, 6.07) is 0. The van der Waals surface area contributed by atoms with Crippen molar-refractivity contribution in [1.82, 2.24) is 19.5 Å². The van der Waals surface area contributed by atoms with Gasteiger partial charge in [-0.15, -0.1) is 5.10 Å². The monoisotopic (exact) mass is 339 g/mol. The lowest BCUT2D eigenvalue weighted by molar-refractivity contribution is -0.129. The van der Waals surface area contributed by atoms with Crippen molar-refractivity contribution in [2.24, 2.45) is 19.2 Å². The third kappa shape index (κ3) is 2.93. The molecule has 0 aliphatic carbocycles. The van der Waals surface area contributed by atoms with E-state index in [0.717, 1.165) is 21.3 Å². The van der Waals surface area contributed by atoms with Crippen LogP contribution in [0.25, 0.3) is 0 Å². The van der Waals surface area contributed by atoms with Gasteiger partial charge in [-0.3, -0.25) is 19.0 Å². The quantitative estimate of drug-likeness (QED) is 0.735. The number of amides is 2. The molecule has 124 valence electrons. The fourth-order valence-electron chi connectivity index (χ4n) is 2.21. The topological polar surface area (TPSA) is 106 Å². The van der Waals surface area contributed by atoms with Gasteiger partial charge < -0.3 is 9.88 Å². The van der Waals surface area contributed by atoms with Gasteiger partial charge in [0, 0.05) is 33.6 Å². The van der Waals surface area contributed by atoms with Crippen LogP contribution in [0.1, 0.15) is 30.5 Å². The molecular formula is C13H17N5O4S. The van der Waals surface area contributed by atoms with Crippen LogP contribution >= 0.6 is 11.8 Å². The predicted octanol–water partition coefficient (Wildman–Crippen LogP) is -0.607. The Morgan fingerprint density at radius 2 is 1.78 bits per heavy atom. The van der Waals surface area contributed by atoms with E-state index in [4.69, 9.17) is 0 Å². The van der Waals surface area contributed by atoms with Crippen LogP contribution in [0, 0.1) is 6.92 Å². The average Bonchev–Trinajstić information content (AvgIpc) is 2.86. The molecule has 0 radical (unpaired) electrons. The van der Waals surface area contributed by atoms with Crippen LogP contribution in [-0.4, -0.2) is 31.1 Å². The van der Waals surface area contributed by atoms with Gasteiger partial charge >= 0.3 is 5.69 Å². The molecule has 0 unspecified atom stereocenters. The highest BCUT2D eigenvalue weighted by molar-refractivity contribution is 8.14. The number of rotatable bonds is 1. The summed E-state index contributed by atoms with van der Waals surface area (Å²) < 4.78 is 2.32. The fraction of sp³-hybridized carbons (Fsp3) is 0.462. The van der Waals surface area contributed by atoms with Crippen LogP contribution in [0.15, 0.2) is 14.7 Å². The summed E-state index contributed by atoms with van der Waals surface area (Å²) in [5.74, 6) is -0.705. The highest BCUT2D eigenvalue weighted by Crippen LogP contribution is 2.38. The minimum atomic E-state index is -0.736. The molecule has 9 nitrogen and oxygen atoms in total. The van der Waals surface area contributed by atoms with Crippen molar-refractivity contribution in [2.45, 2.75) is 26.1 Å². The van der Waals surface area contributed by atoms with E-state index in [0.29, 0.717) is 5.69 Å². The lowest BCUT2D eigenvalue weighted by atomic mass is 10.2. The molecular weight excluding hydrogens is 322 g/mol. The molecule has 1 aliphatic heterocycles. The molecule has 23 heavy (non-hydrogen) atoms. The van der Waals surface area contributed by atoms with Gasteiger partial charge in [0.25, 0.3) is 5.56 Å². The third-order valence-corrected chi connectivity index (χ3v) is 4.56. The maximum absolute atomic E-state index is 12.5. The van der Waals surface area contributed by atoms with E-state index in [1.54, 1.807) is 14.0 Å². The second-order valence-corrected chi connectivity index (χ2v) is 6.19. The Balaban J connectivity index is 2.59. The van der Waals surface area contributed by atoms with E-state index in [1.807, 2.05) is 0 Å². The average molecular weight is 339 g/mol. The number of hydrogen-bond donors (Lipinski definition) is 1. The number of hydrazone groups is 1. The van der Waals surface area contributed by atoms with Gasteiger partial charge in [0.1, 0.15) is 5.37 Å². The van der Waals surface area contributed by atoms with Crippen LogP contribution in [0.5, 0.6) is 0 Å². The van der Waals surface area contributed by atoms with Gasteiger partial charge in [-0.25, -0.2) is 9.80 Å². The Labute approximate surface area is 136 Å². The summed E-state index contributed by atoms with van der Waals surface area (Å²) in [5.41, 5.74) is -0.217. The van der Waals surface area contributed by atoms with E-state index in [1.165, 1.54) is 25.5 Å². The molecule has 0 fully saturated rings. The van der Waals surface area contributed by atoms with Crippen molar-refractivity contribution in [3.63, 3.8) is 0 Å². The zero-order chi connectivity index (χ0) is 17.5. The Bertz CT molecular complexity index is 838. The minimum Gasteiger partial charge on any atom is -0.304 e. The minimum absolute atomic E-state index is 0.230. The molecule has 0 aromatic carbocycles. The van der Waals surface area contributed by atoms with Crippen LogP contribution in [0.2, 0.25) is 0 Å². The number of hydrogen-bond acceptors (Lipinski definition) is 6.